The van der Waals surface area contributed by atoms with Crippen LogP contribution in [-0.4, -0.2) is 69.7 Å². The third kappa shape index (κ3) is 4.02. The molecule has 4 heterocycles. The van der Waals surface area contributed by atoms with E-state index in [1.807, 2.05) is 6.07 Å². The van der Waals surface area contributed by atoms with E-state index in [0.29, 0.717) is 43.2 Å². The number of halogens is 3. The molecule has 2 aliphatic rings. The topological polar surface area (TPSA) is 92.0 Å². The number of rotatable bonds is 5. The number of pyridine rings is 1. The normalized spacial score (nSPS) is 17.2. The average Bonchev–Trinajstić information content (AvgIpc) is 3.54. The Hall–Kier alpha value is -3.18. The second-order valence-electron chi connectivity index (χ2n) is 9.00. The van der Waals surface area contributed by atoms with E-state index < -0.39 is 11.9 Å². The highest BCUT2D eigenvalue weighted by molar-refractivity contribution is 6.10. The minimum Gasteiger partial charge on any atom is -0.490 e. The molecule has 1 saturated heterocycles. The fourth-order valence-corrected chi connectivity index (χ4v) is 5.22. The predicted molar refractivity (Wildman–Crippen MR) is 123 cm³/mol. The Balaban J connectivity index is 1.50. The average molecular weight is 486 g/mol. The molecule has 0 amide bonds. The van der Waals surface area contributed by atoms with Gasteiger partial charge in [0.1, 0.15) is 17.9 Å². The van der Waals surface area contributed by atoms with E-state index in [-0.39, 0.29) is 5.56 Å². The van der Waals surface area contributed by atoms with Crippen LogP contribution < -0.4 is 4.74 Å². The number of morpholine rings is 1. The number of H-pyrrole nitrogens is 2. The third-order valence-electron chi connectivity index (χ3n) is 6.90. The SMILES string of the molecule is FC(F)(F)c1n[nH]cc1-c1nc2c(OCCN3CCOCC3)cc3[nH]ncc3c2c2c1CCCC2. The van der Waals surface area contributed by atoms with Crippen LogP contribution in [0.3, 0.4) is 0 Å². The number of fused-ring (bicyclic) bond motifs is 5. The first-order valence-corrected chi connectivity index (χ1v) is 11.9. The molecule has 0 radical (unpaired) electrons. The summed E-state index contributed by atoms with van der Waals surface area (Å²) in [6, 6.07) is 1.84. The number of aromatic nitrogens is 5. The molecule has 2 N–H and O–H groups in total. The summed E-state index contributed by atoms with van der Waals surface area (Å²) in [5.74, 6) is 0.539. The Morgan fingerprint density at radius 2 is 1.91 bits per heavy atom. The molecule has 0 spiro atoms. The number of nitrogens with zero attached hydrogens (tertiary/aromatic N) is 4. The van der Waals surface area contributed by atoms with Crippen molar-refractivity contribution in [1.29, 1.82) is 0 Å². The third-order valence-corrected chi connectivity index (χ3v) is 6.90. The van der Waals surface area contributed by atoms with Crippen molar-refractivity contribution in [2.45, 2.75) is 31.9 Å². The minimum atomic E-state index is -4.58. The first-order chi connectivity index (χ1) is 17.0. The molecule has 184 valence electrons. The summed E-state index contributed by atoms with van der Waals surface area (Å²) in [4.78, 5) is 7.11. The standard InChI is InChI=1S/C24H25F3N6O2/c25-24(26,27)23-17(13-29-32-23)21-15-4-2-1-3-14(15)20-16-12-28-31-18(16)11-19(22(20)30-21)35-10-7-33-5-8-34-9-6-33/h11-13H,1-10H2,(H,28,31)(H,29,32). The van der Waals surface area contributed by atoms with E-state index in [0.717, 1.165) is 66.3 Å². The zero-order chi connectivity index (χ0) is 24.0. The largest absolute Gasteiger partial charge is 0.490 e. The van der Waals surface area contributed by atoms with Gasteiger partial charge < -0.3 is 9.47 Å². The van der Waals surface area contributed by atoms with Gasteiger partial charge in [0.25, 0.3) is 0 Å². The molecule has 6 rings (SSSR count). The molecular formula is C24H25F3N6O2. The predicted octanol–water partition coefficient (Wildman–Crippen LogP) is 4.11. The summed E-state index contributed by atoms with van der Waals surface area (Å²) < 4.78 is 52.9. The lowest BCUT2D eigenvalue weighted by molar-refractivity contribution is -0.140. The van der Waals surface area contributed by atoms with Gasteiger partial charge in [-0.25, -0.2) is 4.98 Å². The molecule has 8 nitrogen and oxygen atoms in total. The van der Waals surface area contributed by atoms with E-state index in [1.54, 1.807) is 6.20 Å². The van der Waals surface area contributed by atoms with Crippen LogP contribution in [0, 0.1) is 0 Å². The number of aryl methyl sites for hydroxylation is 1. The summed E-state index contributed by atoms with van der Waals surface area (Å²) in [6.45, 7) is 4.26. The van der Waals surface area contributed by atoms with Gasteiger partial charge in [0.2, 0.25) is 0 Å². The maximum Gasteiger partial charge on any atom is 0.435 e. The Bertz CT molecular complexity index is 1370. The Morgan fingerprint density at radius 1 is 1.11 bits per heavy atom. The van der Waals surface area contributed by atoms with E-state index in [1.165, 1.54) is 6.20 Å². The summed E-state index contributed by atoms with van der Waals surface area (Å²) in [6.07, 6.45) is 1.75. The van der Waals surface area contributed by atoms with Gasteiger partial charge in [-0.15, -0.1) is 0 Å². The number of ether oxygens (including phenoxy) is 2. The molecule has 0 unspecified atom stereocenters. The molecule has 11 heteroatoms. The lowest BCUT2D eigenvalue weighted by Gasteiger charge is -2.26. The molecule has 1 aromatic carbocycles. The van der Waals surface area contributed by atoms with Gasteiger partial charge in [-0.05, 0) is 36.8 Å². The van der Waals surface area contributed by atoms with Crippen molar-refractivity contribution >= 4 is 21.8 Å². The van der Waals surface area contributed by atoms with Crippen LogP contribution >= 0.6 is 0 Å². The van der Waals surface area contributed by atoms with Crippen molar-refractivity contribution in [1.82, 2.24) is 30.3 Å². The fourth-order valence-electron chi connectivity index (χ4n) is 5.22. The molecule has 0 atom stereocenters. The van der Waals surface area contributed by atoms with Gasteiger partial charge in [0.15, 0.2) is 5.69 Å². The summed E-state index contributed by atoms with van der Waals surface area (Å²) >= 11 is 0. The molecule has 1 fully saturated rings. The molecule has 35 heavy (non-hydrogen) atoms. The van der Waals surface area contributed by atoms with Gasteiger partial charge in [-0.2, -0.15) is 23.4 Å². The van der Waals surface area contributed by atoms with Crippen molar-refractivity contribution < 1.29 is 22.6 Å². The van der Waals surface area contributed by atoms with Crippen LogP contribution in [-0.2, 0) is 23.8 Å². The quantitative estimate of drug-likeness (QED) is 0.441. The van der Waals surface area contributed by atoms with Crippen molar-refractivity contribution in [3.05, 3.63) is 35.3 Å². The molecular weight excluding hydrogens is 461 g/mol. The Kier molecular flexibility index (Phi) is 5.60. The zero-order valence-electron chi connectivity index (χ0n) is 19.0. The van der Waals surface area contributed by atoms with Crippen molar-refractivity contribution in [3.63, 3.8) is 0 Å². The fraction of sp³-hybridized carbons (Fsp3) is 0.458. The van der Waals surface area contributed by atoms with E-state index >= 15 is 0 Å². The molecule has 0 saturated carbocycles. The van der Waals surface area contributed by atoms with Gasteiger partial charge in [0, 0.05) is 42.7 Å². The van der Waals surface area contributed by atoms with Gasteiger partial charge in [-0.3, -0.25) is 15.1 Å². The number of alkyl halides is 3. The number of nitrogens with one attached hydrogen (secondary N) is 2. The maximum atomic E-state index is 13.7. The van der Waals surface area contributed by atoms with Crippen molar-refractivity contribution in [3.8, 4) is 17.0 Å². The monoisotopic (exact) mass is 486 g/mol. The maximum absolute atomic E-state index is 13.7. The molecule has 0 bridgehead atoms. The number of hydrogen-bond acceptors (Lipinski definition) is 6. The van der Waals surface area contributed by atoms with Crippen LogP contribution in [0.4, 0.5) is 13.2 Å². The lowest BCUT2D eigenvalue weighted by atomic mass is 9.85. The lowest BCUT2D eigenvalue weighted by Crippen LogP contribution is -2.38. The second kappa shape index (κ2) is 8.80. The van der Waals surface area contributed by atoms with Crippen LogP contribution in [0.5, 0.6) is 5.75 Å². The van der Waals surface area contributed by atoms with Crippen LogP contribution in [0.1, 0.15) is 29.7 Å². The minimum absolute atomic E-state index is 0.0240. The molecule has 4 aromatic rings. The summed E-state index contributed by atoms with van der Waals surface area (Å²) in [5, 5.41) is 15.0. The number of hydrogen-bond donors (Lipinski definition) is 2. The van der Waals surface area contributed by atoms with Gasteiger partial charge >= 0.3 is 6.18 Å². The van der Waals surface area contributed by atoms with Gasteiger partial charge in [-0.1, -0.05) is 0 Å². The summed E-state index contributed by atoms with van der Waals surface area (Å²) in [7, 11) is 0. The Morgan fingerprint density at radius 3 is 2.71 bits per heavy atom. The van der Waals surface area contributed by atoms with Crippen molar-refractivity contribution in [2.75, 3.05) is 39.5 Å². The smallest absolute Gasteiger partial charge is 0.435 e. The highest BCUT2D eigenvalue weighted by Gasteiger charge is 2.38. The molecule has 1 aliphatic heterocycles. The first kappa shape index (κ1) is 22.3. The van der Waals surface area contributed by atoms with E-state index in [2.05, 4.69) is 25.3 Å². The van der Waals surface area contributed by atoms with Crippen molar-refractivity contribution in [2.24, 2.45) is 0 Å². The van der Waals surface area contributed by atoms with Crippen LogP contribution in [0.2, 0.25) is 0 Å². The zero-order valence-corrected chi connectivity index (χ0v) is 19.0. The Labute approximate surface area is 198 Å². The highest BCUT2D eigenvalue weighted by Crippen LogP contribution is 2.43. The number of aromatic amines is 2. The first-order valence-electron chi connectivity index (χ1n) is 11.9. The molecule has 3 aromatic heterocycles. The van der Waals surface area contributed by atoms with Gasteiger partial charge in [0.05, 0.1) is 36.2 Å². The van der Waals surface area contributed by atoms with E-state index in [9.17, 15) is 13.2 Å². The van der Waals surface area contributed by atoms with Crippen LogP contribution in [0.25, 0.3) is 33.1 Å². The molecule has 1 aliphatic carbocycles. The summed E-state index contributed by atoms with van der Waals surface area (Å²) in [5.41, 5.74) is 2.61. The second-order valence-corrected chi connectivity index (χ2v) is 9.00. The van der Waals surface area contributed by atoms with Crippen LogP contribution in [0.15, 0.2) is 18.5 Å². The van der Waals surface area contributed by atoms with E-state index in [4.69, 9.17) is 14.5 Å². The number of benzene rings is 1. The highest BCUT2D eigenvalue weighted by atomic mass is 19.4.